The van der Waals surface area contributed by atoms with Crippen molar-refractivity contribution in [3.8, 4) is 11.1 Å². The third-order valence-electron chi connectivity index (χ3n) is 5.45. The number of hydrazine groups is 1. The second kappa shape index (κ2) is 11.5. The third-order valence-corrected chi connectivity index (χ3v) is 5.45. The van der Waals surface area contributed by atoms with Crippen molar-refractivity contribution in [3.05, 3.63) is 58.9 Å². The Morgan fingerprint density at radius 3 is 2.47 bits per heavy atom. The van der Waals surface area contributed by atoms with Gasteiger partial charge in [0.15, 0.2) is 0 Å². The zero-order chi connectivity index (χ0) is 22.6. The molecule has 0 spiro atoms. The molecule has 1 atom stereocenters. The van der Waals surface area contributed by atoms with Crippen LogP contribution in [0.15, 0.2) is 47.6 Å². The van der Waals surface area contributed by atoms with Gasteiger partial charge in [0.2, 0.25) is 0 Å². The standard InChI is InChI=1S/C21H25F3N7.K/c1-28-17-6-2-5-16(13-7-9-15(10-8-13)21(22,23)24)18(17)19(25)31-11-3-4-14(12-31)20(29-26)30-27;/h2,5-10,14,25H,3-4,11-12,26-27H2,1H3,(H,29,30);/q-1;+1. The number of benzene rings is 2. The molecule has 0 amide bonds. The molecule has 2 aromatic rings. The molecule has 1 saturated heterocycles. The summed E-state index contributed by atoms with van der Waals surface area (Å²) < 4.78 is 38.9. The molecule has 0 bridgehead atoms. The average Bonchev–Trinajstić information content (AvgIpc) is 2.78. The van der Waals surface area contributed by atoms with Crippen LogP contribution in [0.5, 0.6) is 0 Å². The first kappa shape index (κ1) is 26.6. The number of alkyl halides is 3. The van der Waals surface area contributed by atoms with Crippen LogP contribution in [0.3, 0.4) is 0 Å². The molecule has 32 heavy (non-hydrogen) atoms. The quantitative estimate of drug-likeness (QED) is 0.173. The van der Waals surface area contributed by atoms with E-state index >= 15 is 0 Å². The van der Waals surface area contributed by atoms with E-state index < -0.39 is 11.7 Å². The Morgan fingerprint density at radius 1 is 1.22 bits per heavy atom. The summed E-state index contributed by atoms with van der Waals surface area (Å²) in [7, 11) is 1.62. The Kier molecular flexibility index (Phi) is 9.55. The topological polar surface area (TPSA) is 118 Å². The smallest absolute Gasteiger partial charge is 0.686 e. The molecule has 1 fully saturated rings. The normalized spacial score (nSPS) is 16.8. The Hall–Kier alpha value is -1.63. The minimum Gasteiger partial charge on any atom is -0.686 e. The minimum atomic E-state index is -4.41. The first-order chi connectivity index (χ1) is 14.8. The number of nitrogens with one attached hydrogen (secondary N) is 2. The van der Waals surface area contributed by atoms with Crippen molar-refractivity contribution in [2.75, 3.05) is 20.1 Å². The van der Waals surface area contributed by atoms with E-state index in [-0.39, 0.29) is 63.1 Å². The SMILES string of the molecule is C[N-]c1cccc(-c2ccc(C(F)(F)F)cc2)c1C(=N)N1CCCC(/C(=N/N)NN)C1.[K+]. The van der Waals surface area contributed by atoms with E-state index in [0.717, 1.165) is 25.0 Å². The van der Waals surface area contributed by atoms with Gasteiger partial charge >= 0.3 is 57.6 Å². The van der Waals surface area contributed by atoms with Crippen molar-refractivity contribution in [2.45, 2.75) is 19.0 Å². The number of halogens is 3. The molecular formula is C21H25F3KN7. The summed E-state index contributed by atoms with van der Waals surface area (Å²) in [5.41, 5.74) is 4.19. The number of nitrogens with zero attached hydrogens (tertiary/aromatic N) is 3. The van der Waals surface area contributed by atoms with E-state index in [0.29, 0.717) is 41.3 Å². The fourth-order valence-electron chi connectivity index (χ4n) is 3.88. The van der Waals surface area contributed by atoms with Crippen LogP contribution in [0.25, 0.3) is 16.4 Å². The molecule has 1 aliphatic rings. The van der Waals surface area contributed by atoms with E-state index in [9.17, 15) is 13.2 Å². The van der Waals surface area contributed by atoms with Crippen LogP contribution in [0.1, 0.15) is 24.0 Å². The van der Waals surface area contributed by atoms with Gasteiger partial charge in [0.05, 0.1) is 5.56 Å². The molecule has 0 aromatic heterocycles. The first-order valence-corrected chi connectivity index (χ1v) is 9.78. The van der Waals surface area contributed by atoms with E-state index in [2.05, 4.69) is 15.8 Å². The van der Waals surface area contributed by atoms with Crippen LogP contribution in [-0.4, -0.2) is 36.7 Å². The van der Waals surface area contributed by atoms with Gasteiger partial charge in [-0.2, -0.15) is 18.3 Å². The van der Waals surface area contributed by atoms with Crippen LogP contribution in [-0.2, 0) is 6.18 Å². The van der Waals surface area contributed by atoms with Gasteiger partial charge in [-0.1, -0.05) is 30.3 Å². The molecule has 7 nitrogen and oxygen atoms in total. The number of hydrogen-bond donors (Lipinski definition) is 4. The van der Waals surface area contributed by atoms with E-state index in [1.54, 1.807) is 25.2 Å². The summed E-state index contributed by atoms with van der Waals surface area (Å²) in [6.07, 6.45) is -2.76. The van der Waals surface area contributed by atoms with Gasteiger partial charge in [0.1, 0.15) is 11.7 Å². The molecule has 1 unspecified atom stereocenters. The van der Waals surface area contributed by atoms with E-state index in [1.165, 1.54) is 12.1 Å². The molecule has 1 heterocycles. The summed E-state index contributed by atoms with van der Waals surface area (Å²) in [4.78, 5) is 1.90. The predicted molar refractivity (Wildman–Crippen MR) is 116 cm³/mol. The van der Waals surface area contributed by atoms with Crippen molar-refractivity contribution in [1.29, 1.82) is 5.41 Å². The zero-order valence-electron chi connectivity index (χ0n) is 18.1. The fraction of sp³-hybridized carbons (Fsp3) is 0.333. The van der Waals surface area contributed by atoms with Crippen molar-refractivity contribution < 1.29 is 64.6 Å². The van der Waals surface area contributed by atoms with Gasteiger partial charge in [-0.25, -0.2) is 5.84 Å². The van der Waals surface area contributed by atoms with Gasteiger partial charge in [0, 0.05) is 24.6 Å². The van der Waals surface area contributed by atoms with Crippen LogP contribution in [0.2, 0.25) is 0 Å². The summed E-state index contributed by atoms with van der Waals surface area (Å²) in [6.45, 7) is 1.14. The van der Waals surface area contributed by atoms with Crippen molar-refractivity contribution in [2.24, 2.45) is 22.7 Å². The van der Waals surface area contributed by atoms with E-state index in [1.807, 2.05) is 4.90 Å². The Labute approximate surface area is 227 Å². The molecule has 2 aromatic carbocycles. The number of hydrogen-bond acceptors (Lipinski definition) is 4. The average molecular weight is 472 g/mol. The van der Waals surface area contributed by atoms with Crippen LogP contribution < -0.4 is 68.5 Å². The number of hydrazone groups is 1. The monoisotopic (exact) mass is 471 g/mol. The second-order valence-corrected chi connectivity index (χ2v) is 7.29. The molecule has 6 N–H and O–H groups in total. The first-order valence-electron chi connectivity index (χ1n) is 9.78. The molecule has 1 aliphatic heterocycles. The number of rotatable bonds is 4. The molecular weight excluding hydrogens is 446 g/mol. The van der Waals surface area contributed by atoms with Crippen LogP contribution in [0.4, 0.5) is 18.9 Å². The van der Waals surface area contributed by atoms with Gasteiger partial charge in [-0.05, 0) is 36.1 Å². The van der Waals surface area contributed by atoms with Crippen LogP contribution in [0, 0.1) is 11.3 Å². The second-order valence-electron chi connectivity index (χ2n) is 7.29. The van der Waals surface area contributed by atoms with Gasteiger partial charge < -0.3 is 21.5 Å². The number of nitrogens with two attached hydrogens (primary N) is 2. The summed E-state index contributed by atoms with van der Waals surface area (Å²) in [5, 5.41) is 16.9. The van der Waals surface area contributed by atoms with Crippen molar-refractivity contribution >= 4 is 17.4 Å². The Bertz CT molecular complexity index is 961. The largest absolute Gasteiger partial charge is 1.00 e. The molecule has 3 rings (SSSR count). The van der Waals surface area contributed by atoms with E-state index in [4.69, 9.17) is 17.1 Å². The fourth-order valence-corrected chi connectivity index (χ4v) is 3.88. The zero-order valence-corrected chi connectivity index (χ0v) is 21.2. The van der Waals surface area contributed by atoms with Crippen LogP contribution >= 0.6 is 0 Å². The van der Waals surface area contributed by atoms with Crippen molar-refractivity contribution in [3.63, 3.8) is 0 Å². The number of piperidine rings is 1. The third kappa shape index (κ3) is 5.83. The van der Waals surface area contributed by atoms with Crippen molar-refractivity contribution in [1.82, 2.24) is 10.3 Å². The Morgan fingerprint density at radius 2 is 1.91 bits per heavy atom. The minimum absolute atomic E-state index is 0. The summed E-state index contributed by atoms with van der Waals surface area (Å²) >= 11 is 0. The van der Waals surface area contributed by atoms with Gasteiger partial charge in [-0.3, -0.25) is 5.41 Å². The molecule has 11 heteroatoms. The maximum atomic E-state index is 13.0. The molecule has 0 saturated carbocycles. The number of amidine groups is 2. The maximum Gasteiger partial charge on any atom is 1.00 e. The number of likely N-dealkylation sites (tertiary alicyclic amines) is 1. The molecule has 0 aliphatic carbocycles. The molecule has 0 radical (unpaired) electrons. The predicted octanol–water partition coefficient (Wildman–Crippen LogP) is 0.784. The van der Waals surface area contributed by atoms with Gasteiger partial charge in [-0.15, -0.1) is 12.7 Å². The maximum absolute atomic E-state index is 13.0. The molecule has 166 valence electrons. The summed E-state index contributed by atoms with van der Waals surface area (Å²) in [5.74, 6) is 11.6. The Balaban J connectivity index is 0.00000363. The summed E-state index contributed by atoms with van der Waals surface area (Å²) in [6, 6.07) is 10.3. The van der Waals surface area contributed by atoms with Gasteiger partial charge in [0.25, 0.3) is 0 Å².